The van der Waals surface area contributed by atoms with Gasteiger partial charge in [-0.2, -0.15) is 0 Å². The summed E-state index contributed by atoms with van der Waals surface area (Å²) in [5, 5.41) is 0. The molecule has 1 heterocycles. The van der Waals surface area contributed by atoms with Crippen LogP contribution in [0.1, 0.15) is 10.4 Å². The van der Waals surface area contributed by atoms with Crippen molar-refractivity contribution in [2.24, 2.45) is 0 Å². The number of rotatable bonds is 7. The molecule has 0 radical (unpaired) electrons. The monoisotopic (exact) mass is 352 g/mol. The van der Waals surface area contributed by atoms with E-state index in [2.05, 4.69) is 0 Å². The smallest absolute Gasteiger partial charge is 0.236 e. The van der Waals surface area contributed by atoms with Gasteiger partial charge < -0.3 is 9.64 Å². The van der Waals surface area contributed by atoms with Gasteiger partial charge in [0, 0.05) is 18.5 Å². The highest BCUT2D eigenvalue weighted by Gasteiger charge is 2.13. The second-order valence-corrected chi connectivity index (χ2v) is 7.28. The number of thiophene rings is 1. The van der Waals surface area contributed by atoms with Gasteiger partial charge in [0.15, 0.2) is 0 Å². The molecular weight excluding hydrogens is 332 g/mol. The maximum atomic E-state index is 12.3. The molecule has 0 bridgehead atoms. The van der Waals surface area contributed by atoms with Crippen molar-refractivity contribution in [1.29, 1.82) is 0 Å². The van der Waals surface area contributed by atoms with Crippen molar-refractivity contribution in [3.05, 3.63) is 51.2 Å². The molecule has 4 nitrogen and oxygen atoms in total. The molecule has 0 aliphatic carbocycles. The number of hydrogen-bond donors (Lipinski definition) is 0. The molecule has 1 aromatic carbocycles. The van der Waals surface area contributed by atoms with Crippen molar-refractivity contribution < 1.29 is 9.53 Å². The van der Waals surface area contributed by atoms with Crippen molar-refractivity contribution in [3.63, 3.8) is 0 Å². The zero-order valence-electron chi connectivity index (χ0n) is 13.6. The van der Waals surface area contributed by atoms with E-state index in [0.717, 1.165) is 20.5 Å². The molecule has 0 saturated carbocycles. The zero-order chi connectivity index (χ0) is 16.8. The number of benzene rings is 1. The molecule has 124 valence electrons. The third-order valence-electron chi connectivity index (χ3n) is 3.44. The largest absolute Gasteiger partial charge is 0.497 e. The van der Waals surface area contributed by atoms with E-state index >= 15 is 0 Å². The Bertz CT molecular complexity index is 660. The van der Waals surface area contributed by atoms with Gasteiger partial charge in [0.05, 0.1) is 24.5 Å². The van der Waals surface area contributed by atoms with E-state index in [1.807, 2.05) is 55.4 Å². The van der Waals surface area contributed by atoms with Crippen molar-refractivity contribution in [1.82, 2.24) is 9.80 Å². The maximum Gasteiger partial charge on any atom is 0.236 e. The summed E-state index contributed by atoms with van der Waals surface area (Å²) >= 11 is 7.42. The number of nitrogens with zero attached hydrogens (tertiary/aromatic N) is 2. The lowest BCUT2D eigenvalue weighted by atomic mass is 10.2. The highest BCUT2D eigenvalue weighted by Crippen LogP contribution is 2.22. The van der Waals surface area contributed by atoms with Crippen LogP contribution < -0.4 is 4.74 Å². The quantitative estimate of drug-likeness (QED) is 0.764. The average molecular weight is 353 g/mol. The second kappa shape index (κ2) is 8.34. The van der Waals surface area contributed by atoms with Gasteiger partial charge in [-0.3, -0.25) is 9.69 Å². The molecule has 23 heavy (non-hydrogen) atoms. The van der Waals surface area contributed by atoms with Crippen molar-refractivity contribution in [2.45, 2.75) is 13.1 Å². The molecule has 0 fully saturated rings. The molecular formula is C17H21ClN2O2S. The van der Waals surface area contributed by atoms with Crippen LogP contribution in [0.25, 0.3) is 0 Å². The topological polar surface area (TPSA) is 32.8 Å². The summed E-state index contributed by atoms with van der Waals surface area (Å²) in [6, 6.07) is 11.7. The van der Waals surface area contributed by atoms with Crippen molar-refractivity contribution in [3.8, 4) is 5.75 Å². The van der Waals surface area contributed by atoms with Crippen LogP contribution in [0.2, 0.25) is 4.34 Å². The van der Waals surface area contributed by atoms with Crippen LogP contribution in [0.4, 0.5) is 0 Å². The summed E-state index contributed by atoms with van der Waals surface area (Å²) in [6.45, 7) is 1.65. The highest BCUT2D eigenvalue weighted by atomic mass is 35.5. The van der Waals surface area contributed by atoms with E-state index in [9.17, 15) is 4.79 Å². The molecule has 0 unspecified atom stereocenters. The first kappa shape index (κ1) is 17.8. The second-order valence-electron chi connectivity index (χ2n) is 5.48. The number of methoxy groups -OCH3 is 1. The minimum atomic E-state index is 0.0833. The van der Waals surface area contributed by atoms with Crippen LogP contribution in [0, 0.1) is 0 Å². The third kappa shape index (κ3) is 5.53. The van der Waals surface area contributed by atoms with Crippen LogP contribution in [-0.4, -0.2) is 43.5 Å². The zero-order valence-corrected chi connectivity index (χ0v) is 15.2. The van der Waals surface area contributed by atoms with E-state index < -0.39 is 0 Å². The fourth-order valence-electron chi connectivity index (χ4n) is 2.25. The van der Waals surface area contributed by atoms with Gasteiger partial charge in [-0.15, -0.1) is 11.3 Å². The van der Waals surface area contributed by atoms with Crippen molar-refractivity contribution >= 4 is 28.8 Å². The summed E-state index contributed by atoms with van der Waals surface area (Å²) in [5.41, 5.74) is 1.12. The van der Waals surface area contributed by atoms with Gasteiger partial charge in [0.2, 0.25) is 5.91 Å². The van der Waals surface area contributed by atoms with Gasteiger partial charge in [-0.1, -0.05) is 23.7 Å². The molecule has 1 amide bonds. The summed E-state index contributed by atoms with van der Waals surface area (Å²) in [7, 11) is 5.40. The van der Waals surface area contributed by atoms with Crippen LogP contribution in [0.5, 0.6) is 5.75 Å². The summed E-state index contributed by atoms with van der Waals surface area (Å²) in [4.78, 5) is 17.1. The number of amides is 1. The van der Waals surface area contributed by atoms with Gasteiger partial charge in [-0.05, 0) is 36.9 Å². The summed E-state index contributed by atoms with van der Waals surface area (Å²) in [6.07, 6.45) is 0. The van der Waals surface area contributed by atoms with Gasteiger partial charge in [0.25, 0.3) is 0 Å². The standard InChI is InChI=1S/C17H21ClN2O2S/c1-19(10-13-5-4-6-14(9-13)22-3)12-17(21)20(2)11-15-7-8-16(18)23-15/h4-9H,10-12H2,1-3H3. The minimum absolute atomic E-state index is 0.0833. The molecule has 6 heteroatoms. The minimum Gasteiger partial charge on any atom is -0.497 e. The van der Waals surface area contributed by atoms with E-state index in [1.165, 1.54) is 11.3 Å². The first-order chi connectivity index (χ1) is 11.0. The summed E-state index contributed by atoms with van der Waals surface area (Å²) in [5.74, 6) is 0.911. The third-order valence-corrected chi connectivity index (χ3v) is 4.66. The summed E-state index contributed by atoms with van der Waals surface area (Å²) < 4.78 is 5.97. The van der Waals surface area contributed by atoms with Crippen LogP contribution in [0.15, 0.2) is 36.4 Å². The molecule has 2 aromatic rings. The van der Waals surface area contributed by atoms with Gasteiger partial charge in [0.1, 0.15) is 5.75 Å². The fraction of sp³-hybridized carbons (Fsp3) is 0.353. The van der Waals surface area contributed by atoms with Crippen LogP contribution in [-0.2, 0) is 17.9 Å². The Morgan fingerprint density at radius 2 is 2.00 bits per heavy atom. The SMILES string of the molecule is COc1cccc(CN(C)CC(=O)N(C)Cc2ccc(Cl)s2)c1. The maximum absolute atomic E-state index is 12.3. The van der Waals surface area contributed by atoms with Crippen LogP contribution >= 0.6 is 22.9 Å². The Kier molecular flexibility index (Phi) is 6.45. The van der Waals surface area contributed by atoms with E-state index in [0.29, 0.717) is 19.6 Å². The molecule has 2 rings (SSSR count). The van der Waals surface area contributed by atoms with Gasteiger partial charge in [-0.25, -0.2) is 0 Å². The Balaban J connectivity index is 1.85. The Labute approximate surface area is 146 Å². The van der Waals surface area contributed by atoms with Gasteiger partial charge >= 0.3 is 0 Å². The predicted octanol–water partition coefficient (Wildman–Crippen LogP) is 3.50. The van der Waals surface area contributed by atoms with Crippen molar-refractivity contribution in [2.75, 3.05) is 27.7 Å². The van der Waals surface area contributed by atoms with E-state index in [4.69, 9.17) is 16.3 Å². The lowest BCUT2D eigenvalue weighted by Crippen LogP contribution is -2.35. The molecule has 0 N–H and O–H groups in total. The number of hydrogen-bond acceptors (Lipinski definition) is 4. The first-order valence-corrected chi connectivity index (χ1v) is 8.47. The molecule has 0 aliphatic heterocycles. The first-order valence-electron chi connectivity index (χ1n) is 7.27. The number of carbonyl (C=O) groups is 1. The lowest BCUT2D eigenvalue weighted by molar-refractivity contribution is -0.131. The van der Waals surface area contributed by atoms with E-state index in [-0.39, 0.29) is 5.91 Å². The predicted molar refractivity (Wildman–Crippen MR) is 95.1 cm³/mol. The normalized spacial score (nSPS) is 10.8. The average Bonchev–Trinajstić information content (AvgIpc) is 2.92. The number of halogens is 1. The Morgan fingerprint density at radius 1 is 1.22 bits per heavy atom. The Hall–Kier alpha value is -1.56. The van der Waals surface area contributed by atoms with E-state index in [1.54, 1.807) is 12.0 Å². The molecule has 0 spiro atoms. The highest BCUT2D eigenvalue weighted by molar-refractivity contribution is 7.16. The number of ether oxygens (including phenoxy) is 1. The number of carbonyl (C=O) groups excluding carboxylic acids is 1. The molecule has 0 atom stereocenters. The van der Waals surface area contributed by atoms with Crippen LogP contribution in [0.3, 0.4) is 0 Å². The molecule has 0 saturated heterocycles. The number of likely N-dealkylation sites (N-methyl/N-ethyl adjacent to an activating group) is 2. The Morgan fingerprint density at radius 3 is 2.65 bits per heavy atom. The molecule has 0 aliphatic rings. The lowest BCUT2D eigenvalue weighted by Gasteiger charge is -2.21. The molecule has 1 aromatic heterocycles. The fourth-order valence-corrected chi connectivity index (χ4v) is 3.39.